The third-order valence-corrected chi connectivity index (χ3v) is 3.54. The van der Waals surface area contributed by atoms with Gasteiger partial charge in [0.1, 0.15) is 6.67 Å². The highest BCUT2D eigenvalue weighted by Crippen LogP contribution is 2.25. The smallest absolute Gasteiger partial charge is 0.164 e. The Bertz CT molecular complexity index is 788. The zero-order valence-corrected chi connectivity index (χ0v) is 11.8. The van der Waals surface area contributed by atoms with Crippen LogP contribution in [0, 0.1) is 0 Å². The summed E-state index contributed by atoms with van der Waals surface area (Å²) in [6, 6.07) is 7.77. The Balaban J connectivity index is 2.15. The third-order valence-electron chi connectivity index (χ3n) is 3.54. The maximum atomic E-state index is 12.4. The van der Waals surface area contributed by atoms with Crippen molar-refractivity contribution < 1.29 is 9.18 Å². The van der Waals surface area contributed by atoms with Crippen LogP contribution in [0.3, 0.4) is 0 Å². The Morgan fingerprint density at radius 1 is 1.29 bits per heavy atom. The molecular weight excluding hydrogens is 269 g/mol. The lowest BCUT2D eigenvalue weighted by Crippen LogP contribution is -1.99. The summed E-state index contributed by atoms with van der Waals surface area (Å²) < 4.78 is 15.9. The van der Waals surface area contributed by atoms with E-state index in [2.05, 4.69) is 5.10 Å². The van der Waals surface area contributed by atoms with Crippen LogP contribution in [0.15, 0.2) is 42.9 Å². The van der Waals surface area contributed by atoms with E-state index in [0.717, 1.165) is 16.6 Å². The van der Waals surface area contributed by atoms with Crippen molar-refractivity contribution in [2.45, 2.75) is 19.9 Å². The topological polar surface area (TPSA) is 39.8 Å². The van der Waals surface area contributed by atoms with Crippen molar-refractivity contribution in [3.63, 3.8) is 0 Å². The van der Waals surface area contributed by atoms with Crippen LogP contribution in [0.4, 0.5) is 4.39 Å². The van der Waals surface area contributed by atoms with Gasteiger partial charge in [-0.25, -0.2) is 4.39 Å². The molecule has 0 aliphatic heterocycles. The minimum absolute atomic E-state index is 0.112. The molecule has 3 rings (SSSR count). The average Bonchev–Trinajstić information content (AvgIpc) is 3.11. The quantitative estimate of drug-likeness (QED) is 0.674. The Morgan fingerprint density at radius 2 is 2.10 bits per heavy atom. The lowest BCUT2D eigenvalue weighted by atomic mass is 10.1. The molecule has 0 amide bonds. The number of Topliss-reactive ketones (excluding diaryl/α,β-unsaturated/α-hetero) is 1. The first-order valence-electron chi connectivity index (χ1n) is 6.96. The van der Waals surface area contributed by atoms with E-state index in [9.17, 15) is 9.18 Å². The normalized spacial score (nSPS) is 11.1. The van der Waals surface area contributed by atoms with E-state index in [-0.39, 0.29) is 12.3 Å². The Morgan fingerprint density at radius 3 is 2.86 bits per heavy atom. The molecule has 0 radical (unpaired) electrons. The number of hydrogen-bond donors (Lipinski definition) is 0. The average molecular weight is 285 g/mol. The van der Waals surface area contributed by atoms with Crippen molar-refractivity contribution in [3.05, 3.63) is 48.4 Å². The van der Waals surface area contributed by atoms with Gasteiger partial charge >= 0.3 is 0 Å². The zero-order valence-electron chi connectivity index (χ0n) is 11.8. The van der Waals surface area contributed by atoms with Gasteiger partial charge in [0.2, 0.25) is 0 Å². The van der Waals surface area contributed by atoms with Gasteiger partial charge in [0, 0.05) is 29.8 Å². The molecule has 0 saturated heterocycles. The number of hydrogen-bond acceptors (Lipinski definition) is 2. The maximum absolute atomic E-state index is 12.4. The molecule has 0 bridgehead atoms. The summed E-state index contributed by atoms with van der Waals surface area (Å²) in [5.41, 5.74) is 2.50. The predicted octanol–water partition coefficient (Wildman–Crippen LogP) is 3.39. The molecule has 0 atom stereocenters. The standard InChI is InChI=1S/C16H16FN3O/c1-2-16(21)14-11-20(15-6-4-3-5-13(14)15)12-9-18-19(10-12)8-7-17/h3-6,9-11H,2,7-8H2,1H3. The van der Waals surface area contributed by atoms with E-state index in [1.807, 2.05) is 42.0 Å². The minimum atomic E-state index is -0.451. The molecule has 0 aliphatic carbocycles. The lowest BCUT2D eigenvalue weighted by molar-refractivity contribution is 0.0989. The van der Waals surface area contributed by atoms with Crippen molar-refractivity contribution in [2.24, 2.45) is 0 Å². The van der Waals surface area contributed by atoms with E-state index in [1.54, 1.807) is 17.1 Å². The van der Waals surface area contributed by atoms with E-state index in [0.29, 0.717) is 12.0 Å². The Hall–Kier alpha value is -2.43. The van der Waals surface area contributed by atoms with Gasteiger partial charge in [-0.2, -0.15) is 5.10 Å². The first-order valence-corrected chi connectivity index (χ1v) is 6.96. The van der Waals surface area contributed by atoms with Crippen LogP contribution in [0.5, 0.6) is 0 Å². The van der Waals surface area contributed by atoms with E-state index in [4.69, 9.17) is 0 Å². The van der Waals surface area contributed by atoms with E-state index < -0.39 is 6.67 Å². The molecule has 108 valence electrons. The molecule has 2 aromatic heterocycles. The monoisotopic (exact) mass is 285 g/mol. The van der Waals surface area contributed by atoms with Crippen LogP contribution in [0.25, 0.3) is 16.6 Å². The van der Waals surface area contributed by atoms with Gasteiger partial charge in [0.15, 0.2) is 5.78 Å². The van der Waals surface area contributed by atoms with Crippen LogP contribution in [-0.4, -0.2) is 26.8 Å². The number of halogens is 1. The van der Waals surface area contributed by atoms with Gasteiger partial charge < -0.3 is 4.57 Å². The molecule has 5 heteroatoms. The van der Waals surface area contributed by atoms with Crippen molar-refractivity contribution in [1.29, 1.82) is 0 Å². The molecule has 4 nitrogen and oxygen atoms in total. The molecule has 0 aliphatic rings. The summed E-state index contributed by atoms with van der Waals surface area (Å²) in [6.07, 6.45) is 5.77. The fourth-order valence-corrected chi connectivity index (χ4v) is 2.49. The second-order valence-electron chi connectivity index (χ2n) is 4.86. The highest BCUT2D eigenvalue weighted by Gasteiger charge is 2.14. The molecule has 0 unspecified atom stereocenters. The van der Waals surface area contributed by atoms with Gasteiger partial charge in [-0.3, -0.25) is 9.48 Å². The number of para-hydroxylation sites is 1. The largest absolute Gasteiger partial charge is 0.313 e. The van der Waals surface area contributed by atoms with Gasteiger partial charge in [0.05, 0.1) is 23.9 Å². The number of carbonyl (C=O) groups excluding carboxylic acids is 1. The van der Waals surface area contributed by atoms with Crippen molar-refractivity contribution in [2.75, 3.05) is 6.67 Å². The number of benzene rings is 1. The zero-order chi connectivity index (χ0) is 14.8. The van der Waals surface area contributed by atoms with Crippen molar-refractivity contribution in [3.8, 4) is 5.69 Å². The van der Waals surface area contributed by atoms with E-state index in [1.165, 1.54) is 0 Å². The van der Waals surface area contributed by atoms with Gasteiger partial charge in [0.25, 0.3) is 0 Å². The molecule has 21 heavy (non-hydrogen) atoms. The number of carbonyl (C=O) groups is 1. The molecule has 1 aromatic carbocycles. The number of aryl methyl sites for hydroxylation is 1. The first kappa shape index (κ1) is 13.5. The third kappa shape index (κ3) is 2.35. The highest BCUT2D eigenvalue weighted by molar-refractivity contribution is 6.08. The predicted molar refractivity (Wildman–Crippen MR) is 79.7 cm³/mol. The van der Waals surface area contributed by atoms with Gasteiger partial charge in [-0.05, 0) is 6.07 Å². The lowest BCUT2D eigenvalue weighted by Gasteiger charge is -2.00. The second kappa shape index (κ2) is 5.52. The number of ketones is 1. The van der Waals surface area contributed by atoms with Crippen molar-refractivity contribution >= 4 is 16.7 Å². The van der Waals surface area contributed by atoms with Crippen LogP contribution < -0.4 is 0 Å². The Labute approximate surface area is 121 Å². The first-order chi connectivity index (χ1) is 10.2. The molecule has 0 saturated carbocycles. The van der Waals surface area contributed by atoms with Crippen LogP contribution in [0.1, 0.15) is 23.7 Å². The fourth-order valence-electron chi connectivity index (χ4n) is 2.49. The maximum Gasteiger partial charge on any atom is 0.164 e. The summed E-state index contributed by atoms with van der Waals surface area (Å²) in [7, 11) is 0. The van der Waals surface area contributed by atoms with Crippen molar-refractivity contribution in [1.82, 2.24) is 14.3 Å². The van der Waals surface area contributed by atoms with E-state index >= 15 is 0 Å². The molecule has 0 fully saturated rings. The summed E-state index contributed by atoms with van der Waals surface area (Å²) in [5, 5.41) is 5.07. The second-order valence-corrected chi connectivity index (χ2v) is 4.86. The molecular formula is C16H16FN3O. The molecule has 0 N–H and O–H groups in total. The summed E-state index contributed by atoms with van der Waals surface area (Å²) in [6.45, 7) is 1.64. The van der Waals surface area contributed by atoms with Gasteiger partial charge in [-0.15, -0.1) is 0 Å². The SMILES string of the molecule is CCC(=O)c1cn(-c2cnn(CCF)c2)c2ccccc12. The molecule has 0 spiro atoms. The van der Waals surface area contributed by atoms with Gasteiger partial charge in [-0.1, -0.05) is 25.1 Å². The number of fused-ring (bicyclic) bond motifs is 1. The number of nitrogens with zero attached hydrogens (tertiary/aromatic N) is 3. The van der Waals surface area contributed by atoms with Crippen LogP contribution in [0.2, 0.25) is 0 Å². The number of alkyl halides is 1. The fraction of sp³-hybridized carbons (Fsp3) is 0.250. The minimum Gasteiger partial charge on any atom is -0.313 e. The summed E-state index contributed by atoms with van der Waals surface area (Å²) in [5.74, 6) is 0.112. The van der Waals surface area contributed by atoms with Crippen LogP contribution in [-0.2, 0) is 6.54 Å². The Kier molecular flexibility index (Phi) is 3.56. The highest BCUT2D eigenvalue weighted by atomic mass is 19.1. The number of rotatable bonds is 5. The van der Waals surface area contributed by atoms with Crippen LogP contribution >= 0.6 is 0 Å². The molecule has 3 aromatic rings. The number of aromatic nitrogens is 3. The molecule has 2 heterocycles. The summed E-state index contributed by atoms with van der Waals surface area (Å²) >= 11 is 0. The summed E-state index contributed by atoms with van der Waals surface area (Å²) in [4.78, 5) is 12.1.